The molecule has 0 unspecified atom stereocenters. The molecule has 1 aliphatic heterocycles. The minimum atomic E-state index is 0.0839. The predicted octanol–water partition coefficient (Wildman–Crippen LogP) is 2.11. The maximum Gasteiger partial charge on any atom is 0.255 e. The van der Waals surface area contributed by atoms with Gasteiger partial charge in [0.05, 0.1) is 23.8 Å². The van der Waals surface area contributed by atoms with Crippen molar-refractivity contribution in [2.45, 2.75) is 44.2 Å². The fourth-order valence-electron chi connectivity index (χ4n) is 3.69. The third-order valence-corrected chi connectivity index (χ3v) is 5.22. The Labute approximate surface area is 145 Å². The van der Waals surface area contributed by atoms with E-state index in [1.165, 1.54) is 12.8 Å². The van der Waals surface area contributed by atoms with E-state index >= 15 is 0 Å². The molecule has 3 aromatic heterocycles. The number of fused-ring (bicyclic) bond motifs is 1. The largest absolute Gasteiger partial charge is 0.334 e. The smallest absolute Gasteiger partial charge is 0.255 e. The molecule has 0 spiro atoms. The van der Waals surface area contributed by atoms with E-state index < -0.39 is 0 Å². The number of aromatic nitrogens is 5. The zero-order valence-electron chi connectivity index (χ0n) is 14.0. The second-order valence-corrected chi connectivity index (χ2v) is 7.04. The van der Waals surface area contributed by atoms with E-state index in [-0.39, 0.29) is 11.9 Å². The Morgan fingerprint density at radius 1 is 1.20 bits per heavy atom. The van der Waals surface area contributed by atoms with Crippen LogP contribution >= 0.6 is 0 Å². The van der Waals surface area contributed by atoms with Crippen LogP contribution in [0.4, 0.5) is 0 Å². The molecule has 25 heavy (non-hydrogen) atoms. The lowest BCUT2D eigenvalue weighted by molar-refractivity contribution is 0.0720. The molecule has 0 aromatic carbocycles. The first-order valence-corrected chi connectivity index (χ1v) is 8.92. The number of likely N-dealkylation sites (tertiary alicyclic amines) is 1. The highest BCUT2D eigenvalue weighted by molar-refractivity contribution is 5.94. The van der Waals surface area contributed by atoms with Crippen molar-refractivity contribution >= 4 is 11.6 Å². The normalized spacial score (nSPS) is 20.5. The van der Waals surface area contributed by atoms with Gasteiger partial charge < -0.3 is 9.30 Å². The van der Waals surface area contributed by atoms with E-state index in [0.29, 0.717) is 11.5 Å². The minimum absolute atomic E-state index is 0.0839. The number of carbonyl (C=O) groups excluding carboxylic acids is 1. The van der Waals surface area contributed by atoms with Gasteiger partial charge in [-0.15, -0.1) is 5.10 Å². The van der Waals surface area contributed by atoms with Gasteiger partial charge in [0.1, 0.15) is 5.65 Å². The summed E-state index contributed by atoms with van der Waals surface area (Å²) < 4.78 is 3.79. The lowest BCUT2D eigenvalue weighted by Crippen LogP contribution is -2.38. The molecule has 1 saturated carbocycles. The van der Waals surface area contributed by atoms with E-state index in [0.717, 1.165) is 37.3 Å². The number of nitrogens with zero attached hydrogens (tertiary/aromatic N) is 6. The van der Waals surface area contributed by atoms with Crippen LogP contribution in [0.5, 0.6) is 0 Å². The second kappa shape index (κ2) is 5.68. The Kier molecular flexibility index (Phi) is 3.33. The van der Waals surface area contributed by atoms with E-state index in [9.17, 15) is 4.79 Å². The standard InChI is InChI=1S/C18H20N6O/c25-18(14-5-6-17-19-7-9-22(17)10-14)24-8-1-2-15(24)11-23-12-16(20-21-23)13-3-4-13/h5-7,9-10,12-13,15H,1-4,8,11H2/t15-/m0/s1. The van der Waals surface area contributed by atoms with Crippen LogP contribution in [0.1, 0.15) is 47.7 Å². The number of hydrogen-bond acceptors (Lipinski definition) is 4. The molecule has 0 bridgehead atoms. The van der Waals surface area contributed by atoms with Crippen LogP contribution in [0.15, 0.2) is 36.9 Å². The van der Waals surface area contributed by atoms with Gasteiger partial charge in [-0.05, 0) is 37.8 Å². The van der Waals surface area contributed by atoms with Gasteiger partial charge in [0.25, 0.3) is 5.91 Å². The Hall–Kier alpha value is -2.70. The summed E-state index contributed by atoms with van der Waals surface area (Å²) in [4.78, 5) is 19.2. The average Bonchev–Trinajstić information content (AvgIpc) is 3.03. The van der Waals surface area contributed by atoms with Crippen LogP contribution in [0, 0.1) is 0 Å². The van der Waals surface area contributed by atoms with Crippen molar-refractivity contribution in [3.05, 3.63) is 48.2 Å². The number of imidazole rings is 1. The Morgan fingerprint density at radius 2 is 2.12 bits per heavy atom. The molecule has 7 heteroatoms. The van der Waals surface area contributed by atoms with Crippen molar-refractivity contribution in [2.24, 2.45) is 0 Å². The Morgan fingerprint density at radius 3 is 3.00 bits per heavy atom. The SMILES string of the molecule is O=C(c1ccc2nccn2c1)N1CCC[C@H]1Cn1cc(C2CC2)nn1. The first-order valence-electron chi connectivity index (χ1n) is 8.92. The van der Waals surface area contributed by atoms with Crippen LogP contribution in [0.2, 0.25) is 0 Å². The summed E-state index contributed by atoms with van der Waals surface area (Å²) in [6.45, 7) is 1.52. The molecule has 1 saturated heterocycles. The minimum Gasteiger partial charge on any atom is -0.334 e. The van der Waals surface area contributed by atoms with E-state index in [2.05, 4.69) is 21.5 Å². The molecule has 2 fully saturated rings. The monoisotopic (exact) mass is 336 g/mol. The molecule has 2 aliphatic rings. The summed E-state index contributed by atoms with van der Waals surface area (Å²) >= 11 is 0. The van der Waals surface area contributed by atoms with Gasteiger partial charge in [-0.3, -0.25) is 9.48 Å². The van der Waals surface area contributed by atoms with Crippen molar-refractivity contribution in [1.82, 2.24) is 29.3 Å². The molecule has 1 amide bonds. The molecule has 5 rings (SSSR count). The summed E-state index contributed by atoms with van der Waals surface area (Å²) in [7, 11) is 0. The van der Waals surface area contributed by atoms with Crippen molar-refractivity contribution in [2.75, 3.05) is 6.54 Å². The third kappa shape index (κ3) is 2.69. The number of pyridine rings is 1. The predicted molar refractivity (Wildman–Crippen MR) is 91.2 cm³/mol. The molecule has 3 aromatic rings. The van der Waals surface area contributed by atoms with Gasteiger partial charge in [0.2, 0.25) is 0 Å². The first-order chi connectivity index (χ1) is 12.3. The van der Waals surface area contributed by atoms with Crippen LogP contribution in [0.3, 0.4) is 0 Å². The Balaban J connectivity index is 1.34. The van der Waals surface area contributed by atoms with Crippen molar-refractivity contribution in [1.29, 1.82) is 0 Å². The molecular formula is C18H20N6O. The van der Waals surface area contributed by atoms with Crippen LogP contribution in [-0.2, 0) is 6.54 Å². The number of amides is 1. The fraction of sp³-hybridized carbons (Fsp3) is 0.444. The van der Waals surface area contributed by atoms with Gasteiger partial charge >= 0.3 is 0 Å². The quantitative estimate of drug-likeness (QED) is 0.732. The highest BCUT2D eigenvalue weighted by atomic mass is 16.2. The molecule has 1 aliphatic carbocycles. The summed E-state index contributed by atoms with van der Waals surface area (Å²) in [5, 5.41) is 8.53. The third-order valence-electron chi connectivity index (χ3n) is 5.22. The van der Waals surface area contributed by atoms with Crippen molar-refractivity contribution < 1.29 is 4.79 Å². The van der Waals surface area contributed by atoms with Gasteiger partial charge in [0.15, 0.2) is 0 Å². The fourth-order valence-corrected chi connectivity index (χ4v) is 3.69. The zero-order valence-corrected chi connectivity index (χ0v) is 14.0. The molecule has 7 nitrogen and oxygen atoms in total. The van der Waals surface area contributed by atoms with Crippen molar-refractivity contribution in [3.63, 3.8) is 0 Å². The van der Waals surface area contributed by atoms with Gasteiger partial charge in [-0.2, -0.15) is 0 Å². The van der Waals surface area contributed by atoms with Crippen LogP contribution in [-0.4, -0.2) is 47.8 Å². The number of carbonyl (C=O) groups is 1. The lowest BCUT2D eigenvalue weighted by Gasteiger charge is -2.24. The van der Waals surface area contributed by atoms with E-state index in [4.69, 9.17) is 0 Å². The maximum absolute atomic E-state index is 13.0. The highest BCUT2D eigenvalue weighted by Crippen LogP contribution is 2.38. The summed E-state index contributed by atoms with van der Waals surface area (Å²) in [6, 6.07) is 3.93. The second-order valence-electron chi connectivity index (χ2n) is 7.04. The first kappa shape index (κ1) is 14.6. The summed E-state index contributed by atoms with van der Waals surface area (Å²) in [6.07, 6.45) is 12.0. The molecule has 1 atom stereocenters. The molecule has 0 radical (unpaired) electrons. The van der Waals surface area contributed by atoms with Crippen LogP contribution in [0.25, 0.3) is 5.65 Å². The lowest BCUT2D eigenvalue weighted by atomic mass is 10.2. The Bertz CT molecular complexity index is 924. The summed E-state index contributed by atoms with van der Waals surface area (Å²) in [5.74, 6) is 0.692. The molecule has 128 valence electrons. The zero-order chi connectivity index (χ0) is 16.8. The molecule has 0 N–H and O–H groups in total. The molecular weight excluding hydrogens is 316 g/mol. The van der Waals surface area contributed by atoms with E-state index in [1.54, 1.807) is 6.20 Å². The average molecular weight is 336 g/mol. The molecule has 4 heterocycles. The number of rotatable bonds is 4. The van der Waals surface area contributed by atoms with Gasteiger partial charge in [-0.1, -0.05) is 5.21 Å². The van der Waals surface area contributed by atoms with Gasteiger partial charge in [0, 0.05) is 37.3 Å². The van der Waals surface area contributed by atoms with Crippen molar-refractivity contribution in [3.8, 4) is 0 Å². The van der Waals surface area contributed by atoms with E-state index in [1.807, 2.05) is 38.5 Å². The highest BCUT2D eigenvalue weighted by Gasteiger charge is 2.31. The van der Waals surface area contributed by atoms with Crippen LogP contribution < -0.4 is 0 Å². The summed E-state index contributed by atoms with van der Waals surface area (Å²) in [5.41, 5.74) is 2.65. The van der Waals surface area contributed by atoms with Gasteiger partial charge in [-0.25, -0.2) is 4.98 Å². The topological polar surface area (TPSA) is 68.3 Å². The maximum atomic E-state index is 13.0. The number of hydrogen-bond donors (Lipinski definition) is 0.